The van der Waals surface area contributed by atoms with Crippen molar-refractivity contribution in [2.45, 2.75) is 20.3 Å². The molecule has 4 heteroatoms. The van der Waals surface area contributed by atoms with Crippen molar-refractivity contribution >= 4 is 11.0 Å². The van der Waals surface area contributed by atoms with Crippen molar-refractivity contribution < 1.29 is 4.42 Å². The van der Waals surface area contributed by atoms with Gasteiger partial charge < -0.3 is 4.42 Å². The fourth-order valence-corrected chi connectivity index (χ4v) is 2.14. The van der Waals surface area contributed by atoms with Crippen LogP contribution in [0.1, 0.15) is 18.2 Å². The Labute approximate surface area is 98.9 Å². The van der Waals surface area contributed by atoms with Crippen molar-refractivity contribution in [2.75, 3.05) is 0 Å². The van der Waals surface area contributed by atoms with Crippen LogP contribution in [0.5, 0.6) is 0 Å². The van der Waals surface area contributed by atoms with E-state index in [9.17, 15) is 0 Å². The molecule has 0 aliphatic heterocycles. The monoisotopic (exact) mass is 227 g/mol. The van der Waals surface area contributed by atoms with Crippen LogP contribution in [0.25, 0.3) is 16.7 Å². The van der Waals surface area contributed by atoms with Crippen molar-refractivity contribution in [3.05, 3.63) is 42.2 Å². The molecule has 0 aliphatic carbocycles. The van der Waals surface area contributed by atoms with Crippen molar-refractivity contribution in [3.63, 3.8) is 0 Å². The Balaban J connectivity index is 2.33. The summed E-state index contributed by atoms with van der Waals surface area (Å²) >= 11 is 0. The molecule has 0 unspecified atom stereocenters. The van der Waals surface area contributed by atoms with Crippen LogP contribution < -0.4 is 0 Å². The van der Waals surface area contributed by atoms with E-state index in [2.05, 4.69) is 30.1 Å². The predicted octanol–water partition coefficient (Wildman–Crippen LogP) is 2.88. The molecule has 3 rings (SSSR count). The molecule has 0 aliphatic rings. The maximum absolute atomic E-state index is 5.93. The van der Waals surface area contributed by atoms with Gasteiger partial charge in [0.25, 0.3) is 0 Å². The number of aromatic nitrogens is 3. The molecule has 0 saturated heterocycles. The fourth-order valence-electron chi connectivity index (χ4n) is 2.14. The van der Waals surface area contributed by atoms with Gasteiger partial charge in [0, 0.05) is 11.8 Å². The van der Waals surface area contributed by atoms with E-state index in [0.29, 0.717) is 0 Å². The van der Waals surface area contributed by atoms with Crippen molar-refractivity contribution in [1.29, 1.82) is 0 Å². The lowest BCUT2D eigenvalue weighted by Crippen LogP contribution is -1.89. The van der Waals surface area contributed by atoms with Crippen LogP contribution in [0.2, 0.25) is 0 Å². The zero-order valence-corrected chi connectivity index (χ0v) is 9.84. The highest BCUT2D eigenvalue weighted by molar-refractivity contribution is 5.88. The van der Waals surface area contributed by atoms with Gasteiger partial charge in [-0.05, 0) is 18.6 Å². The molecule has 0 atom stereocenters. The maximum Gasteiger partial charge on any atom is 0.158 e. The smallest absolute Gasteiger partial charge is 0.158 e. The second kappa shape index (κ2) is 3.73. The molecule has 2 aromatic heterocycles. The summed E-state index contributed by atoms with van der Waals surface area (Å²) in [5.41, 5.74) is 3.11. The molecule has 1 aromatic carbocycles. The van der Waals surface area contributed by atoms with Gasteiger partial charge in [0.2, 0.25) is 0 Å². The molecule has 0 amide bonds. The molecule has 0 fully saturated rings. The van der Waals surface area contributed by atoms with E-state index in [1.165, 1.54) is 5.56 Å². The number of para-hydroxylation sites is 1. The van der Waals surface area contributed by atoms with Crippen molar-refractivity contribution in [3.8, 4) is 5.69 Å². The molecular formula is C13H13N3O. The number of rotatable bonds is 2. The highest BCUT2D eigenvalue weighted by Gasteiger charge is 2.12. The van der Waals surface area contributed by atoms with Crippen LogP contribution in [0.15, 0.2) is 35.3 Å². The fraction of sp³-hybridized carbons (Fsp3) is 0.231. The SMILES string of the molecule is CCc1oc2c(-n3cnnc3)cccc2c1C. The zero-order valence-electron chi connectivity index (χ0n) is 9.84. The second-order valence-electron chi connectivity index (χ2n) is 4.03. The van der Waals surface area contributed by atoms with E-state index in [0.717, 1.165) is 28.8 Å². The minimum absolute atomic E-state index is 0.904. The summed E-state index contributed by atoms with van der Waals surface area (Å²) in [6.07, 6.45) is 4.26. The first kappa shape index (κ1) is 10.1. The highest BCUT2D eigenvalue weighted by atomic mass is 16.3. The molecule has 4 nitrogen and oxygen atoms in total. The predicted molar refractivity (Wildman–Crippen MR) is 65.2 cm³/mol. The minimum atomic E-state index is 0.904. The Morgan fingerprint density at radius 2 is 2.00 bits per heavy atom. The summed E-state index contributed by atoms with van der Waals surface area (Å²) in [5.74, 6) is 1.04. The van der Waals surface area contributed by atoms with Gasteiger partial charge in [-0.25, -0.2) is 0 Å². The number of fused-ring (bicyclic) bond motifs is 1. The summed E-state index contributed by atoms with van der Waals surface area (Å²) in [6, 6.07) is 6.12. The number of nitrogens with zero attached hydrogens (tertiary/aromatic N) is 3. The van der Waals surface area contributed by atoms with Crippen LogP contribution in [0.3, 0.4) is 0 Å². The van der Waals surface area contributed by atoms with Gasteiger partial charge in [-0.3, -0.25) is 4.57 Å². The zero-order chi connectivity index (χ0) is 11.8. The third-order valence-electron chi connectivity index (χ3n) is 3.06. The second-order valence-corrected chi connectivity index (χ2v) is 4.03. The number of hydrogen-bond donors (Lipinski definition) is 0. The minimum Gasteiger partial charge on any atom is -0.459 e. The lowest BCUT2D eigenvalue weighted by molar-refractivity contribution is 0.551. The third-order valence-corrected chi connectivity index (χ3v) is 3.06. The Kier molecular flexibility index (Phi) is 2.21. The molecule has 86 valence electrons. The topological polar surface area (TPSA) is 43.9 Å². The molecule has 3 aromatic rings. The van der Waals surface area contributed by atoms with Gasteiger partial charge in [-0.2, -0.15) is 0 Å². The Bertz CT molecular complexity index is 653. The van der Waals surface area contributed by atoms with E-state index >= 15 is 0 Å². The molecular weight excluding hydrogens is 214 g/mol. The van der Waals surface area contributed by atoms with Crippen molar-refractivity contribution in [2.24, 2.45) is 0 Å². The number of aryl methyl sites for hydroxylation is 2. The van der Waals surface area contributed by atoms with E-state index in [1.807, 2.05) is 16.7 Å². The van der Waals surface area contributed by atoms with Gasteiger partial charge in [0.05, 0.1) is 5.69 Å². The average molecular weight is 227 g/mol. The van der Waals surface area contributed by atoms with E-state index in [1.54, 1.807) is 12.7 Å². The first-order chi connectivity index (χ1) is 8.31. The standard InChI is InChI=1S/C13H13N3O/c1-3-12-9(2)10-5-4-6-11(13(10)17-12)16-7-14-15-8-16/h4-8H,3H2,1-2H3. The van der Waals surface area contributed by atoms with Crippen LogP contribution in [0.4, 0.5) is 0 Å². The Hall–Kier alpha value is -2.10. The summed E-state index contributed by atoms with van der Waals surface area (Å²) in [4.78, 5) is 0. The Morgan fingerprint density at radius 3 is 2.71 bits per heavy atom. The lowest BCUT2D eigenvalue weighted by atomic mass is 10.1. The third kappa shape index (κ3) is 1.45. The summed E-state index contributed by atoms with van der Waals surface area (Å²) in [7, 11) is 0. The normalized spacial score (nSPS) is 11.2. The lowest BCUT2D eigenvalue weighted by Gasteiger charge is -2.01. The van der Waals surface area contributed by atoms with Crippen molar-refractivity contribution in [1.82, 2.24) is 14.8 Å². The van der Waals surface area contributed by atoms with Crippen LogP contribution in [0, 0.1) is 6.92 Å². The van der Waals surface area contributed by atoms with Gasteiger partial charge >= 0.3 is 0 Å². The molecule has 0 spiro atoms. The van der Waals surface area contributed by atoms with Gasteiger partial charge in [-0.1, -0.05) is 19.1 Å². The number of furan rings is 1. The maximum atomic E-state index is 5.93. The molecule has 0 radical (unpaired) electrons. The highest BCUT2D eigenvalue weighted by Crippen LogP contribution is 2.29. The molecule has 0 N–H and O–H groups in total. The summed E-state index contributed by atoms with van der Waals surface area (Å²) in [5, 5.41) is 8.81. The average Bonchev–Trinajstić information content (AvgIpc) is 2.97. The largest absolute Gasteiger partial charge is 0.459 e. The van der Waals surface area contributed by atoms with Gasteiger partial charge in [0.15, 0.2) is 5.58 Å². The first-order valence-corrected chi connectivity index (χ1v) is 5.67. The van der Waals surface area contributed by atoms with Gasteiger partial charge in [-0.15, -0.1) is 10.2 Å². The van der Waals surface area contributed by atoms with E-state index < -0.39 is 0 Å². The molecule has 0 saturated carbocycles. The summed E-state index contributed by atoms with van der Waals surface area (Å²) < 4.78 is 7.79. The van der Waals surface area contributed by atoms with Crippen LogP contribution in [-0.2, 0) is 6.42 Å². The first-order valence-electron chi connectivity index (χ1n) is 5.67. The number of hydrogen-bond acceptors (Lipinski definition) is 3. The van der Waals surface area contributed by atoms with E-state index in [4.69, 9.17) is 4.42 Å². The molecule has 0 bridgehead atoms. The molecule has 17 heavy (non-hydrogen) atoms. The quantitative estimate of drug-likeness (QED) is 0.676. The summed E-state index contributed by atoms with van der Waals surface area (Å²) in [6.45, 7) is 4.20. The van der Waals surface area contributed by atoms with E-state index in [-0.39, 0.29) is 0 Å². The van der Waals surface area contributed by atoms with Crippen LogP contribution in [-0.4, -0.2) is 14.8 Å². The number of benzene rings is 1. The Morgan fingerprint density at radius 1 is 1.24 bits per heavy atom. The molecule has 2 heterocycles. The van der Waals surface area contributed by atoms with Gasteiger partial charge in [0.1, 0.15) is 18.4 Å². The van der Waals surface area contributed by atoms with Crippen LogP contribution >= 0.6 is 0 Å².